The van der Waals surface area contributed by atoms with Crippen LogP contribution in [0.25, 0.3) is 0 Å². The van der Waals surface area contributed by atoms with Gasteiger partial charge in [0.1, 0.15) is 0 Å². The maximum Gasteiger partial charge on any atom is 0.0483 e. The molecule has 0 unspecified atom stereocenters. The van der Waals surface area contributed by atoms with Crippen LogP contribution in [0.15, 0.2) is 0 Å². The summed E-state index contributed by atoms with van der Waals surface area (Å²) < 4.78 is 0. The van der Waals surface area contributed by atoms with Crippen molar-refractivity contribution in [2.75, 3.05) is 0 Å². The number of hydrogen-bond acceptors (Lipinski definition) is 8. The van der Waals surface area contributed by atoms with Crippen molar-refractivity contribution in [2.24, 2.45) is 0 Å². The number of aliphatic hydroxyl groups is 8. The summed E-state index contributed by atoms with van der Waals surface area (Å²) in [5.41, 5.74) is 0. The minimum Gasteiger partial charge on any atom is -0.394 e. The average Bonchev–Trinajstić information content (AvgIpc) is 2.30. The maximum atomic E-state index is 8.06. The zero-order chi connectivity index (χ0) is 28.6. The van der Waals surface area contributed by atoms with Crippen LogP contribution in [0.4, 0.5) is 0 Å². The van der Waals surface area contributed by atoms with E-state index >= 15 is 0 Å². The molecule has 0 aromatic carbocycles. The monoisotopic (exact) mass is 618 g/mol. The average molecular weight is 620 g/mol. The molecule has 0 spiro atoms. The third-order valence-electron chi connectivity index (χ3n) is 0. The smallest absolute Gasteiger partial charge is 0.0483 e. The van der Waals surface area contributed by atoms with Crippen molar-refractivity contribution < 1.29 is 88.8 Å². The number of hydrogen-bond donors (Lipinski definition) is 8. The first kappa shape index (κ1) is 64.9. The van der Waals surface area contributed by atoms with E-state index in [9.17, 15) is 0 Å². The van der Waals surface area contributed by atoms with Crippen LogP contribution < -0.4 is 0 Å². The van der Waals surface area contributed by atoms with Crippen molar-refractivity contribution in [1.82, 2.24) is 0 Å². The molecule has 0 aliphatic rings. The van der Waals surface area contributed by atoms with E-state index in [0.29, 0.717) is 0 Å². The van der Waals surface area contributed by atoms with Crippen LogP contribution in [-0.4, -0.2) is 89.7 Å². The summed E-state index contributed by atoms with van der Waals surface area (Å²) in [6, 6.07) is 0. The fourth-order valence-electron chi connectivity index (χ4n) is 0. The van der Waals surface area contributed by atoms with Gasteiger partial charge in [-0.3, -0.25) is 0 Å². The molecule has 0 radical (unpaired) electrons. The van der Waals surface area contributed by atoms with Crippen molar-refractivity contribution in [1.29, 1.82) is 0 Å². The molecule has 0 fully saturated rings. The Labute approximate surface area is 247 Å². The van der Waals surface area contributed by atoms with Crippen LogP contribution in [0.3, 0.4) is 0 Å². The Bertz CT molecular complexity index is 149. The van der Waals surface area contributed by atoms with Crippen LogP contribution in [0.5, 0.6) is 0 Å². The predicted octanol–water partition coefficient (Wildman–Crippen LogP) is 3.09. The van der Waals surface area contributed by atoms with Crippen molar-refractivity contribution in [3.63, 3.8) is 0 Å². The van der Waals surface area contributed by atoms with E-state index in [-0.39, 0.29) is 96.8 Å². The standard InChI is InChI=1S/8C3H8O.Ti.Zr/c8*1-3(2)4;;/h8*3-4H,1-2H3;;. The van der Waals surface area contributed by atoms with Gasteiger partial charge >= 0.3 is 0 Å². The fourth-order valence-corrected chi connectivity index (χ4v) is 0. The maximum absolute atomic E-state index is 8.06. The van der Waals surface area contributed by atoms with Gasteiger partial charge in [-0.05, 0) is 111 Å². The molecule has 0 aromatic rings. The Kier molecular flexibility index (Phi) is 113. The van der Waals surface area contributed by atoms with E-state index in [1.54, 1.807) is 111 Å². The van der Waals surface area contributed by atoms with Crippen LogP contribution in [0.1, 0.15) is 111 Å². The van der Waals surface area contributed by atoms with Gasteiger partial charge in [0.15, 0.2) is 0 Å². The molecule has 216 valence electrons. The van der Waals surface area contributed by atoms with Gasteiger partial charge in [0, 0.05) is 96.8 Å². The normalized spacial score (nSPS) is 8.47. The minimum absolute atomic E-state index is 0. The molecule has 8 N–H and O–H groups in total. The van der Waals surface area contributed by atoms with Crippen molar-refractivity contribution in [3.05, 3.63) is 0 Å². The molecule has 0 aromatic heterocycles. The topological polar surface area (TPSA) is 162 Å². The van der Waals surface area contributed by atoms with Crippen LogP contribution in [-0.2, 0) is 47.9 Å². The molecule has 8 nitrogen and oxygen atoms in total. The second-order valence-electron chi connectivity index (χ2n) is 8.75. The molecule has 0 amide bonds. The van der Waals surface area contributed by atoms with E-state index in [4.69, 9.17) is 40.9 Å². The van der Waals surface area contributed by atoms with E-state index in [2.05, 4.69) is 0 Å². The quantitative estimate of drug-likeness (QED) is 0.192. The van der Waals surface area contributed by atoms with Crippen LogP contribution in [0.2, 0.25) is 0 Å². The van der Waals surface area contributed by atoms with Crippen LogP contribution in [0, 0.1) is 0 Å². The zero-order valence-electron chi connectivity index (χ0n) is 25.2. The molecule has 34 heavy (non-hydrogen) atoms. The van der Waals surface area contributed by atoms with E-state index in [0.717, 1.165) is 0 Å². The van der Waals surface area contributed by atoms with Crippen LogP contribution >= 0.6 is 0 Å². The molecule has 0 rings (SSSR count). The summed E-state index contributed by atoms with van der Waals surface area (Å²) >= 11 is 0. The van der Waals surface area contributed by atoms with E-state index in [1.165, 1.54) is 0 Å². The largest absolute Gasteiger partial charge is 0.394 e. The van der Waals surface area contributed by atoms with Gasteiger partial charge in [-0.1, -0.05) is 0 Å². The molecule has 0 saturated heterocycles. The summed E-state index contributed by atoms with van der Waals surface area (Å²) in [6.45, 7) is 27.6. The number of aliphatic hydroxyl groups excluding tert-OH is 8. The van der Waals surface area contributed by atoms with Gasteiger partial charge in [0.2, 0.25) is 0 Å². The Morgan fingerprint density at radius 1 is 0.235 bits per heavy atom. The van der Waals surface area contributed by atoms with Gasteiger partial charge in [-0.2, -0.15) is 0 Å². The summed E-state index contributed by atoms with van der Waals surface area (Å²) in [5, 5.41) is 64.4. The first-order valence-electron chi connectivity index (χ1n) is 11.3. The van der Waals surface area contributed by atoms with Crippen molar-refractivity contribution in [3.8, 4) is 0 Å². The fraction of sp³-hybridized carbons (Fsp3) is 1.00. The molecule has 0 heterocycles. The predicted molar refractivity (Wildman–Crippen MR) is 139 cm³/mol. The summed E-state index contributed by atoms with van der Waals surface area (Å²) in [5.74, 6) is 0. The SMILES string of the molecule is CC(C)O.CC(C)O.CC(C)O.CC(C)O.CC(C)O.CC(C)O.CC(C)O.CC(C)O.[Ti].[Zr]. The molecule has 0 atom stereocenters. The Hall–Kier alpha value is 1.28. The summed E-state index contributed by atoms with van der Waals surface area (Å²) in [4.78, 5) is 0. The Morgan fingerprint density at radius 3 is 0.235 bits per heavy atom. The molecule has 0 aliphatic carbocycles. The van der Waals surface area contributed by atoms with Gasteiger partial charge in [0.05, 0.1) is 0 Å². The first-order valence-corrected chi connectivity index (χ1v) is 11.3. The number of rotatable bonds is 0. The molecule has 10 heteroatoms. The van der Waals surface area contributed by atoms with E-state index < -0.39 is 0 Å². The van der Waals surface area contributed by atoms with Gasteiger partial charge in [0.25, 0.3) is 0 Å². The molecule has 0 bridgehead atoms. The van der Waals surface area contributed by atoms with Gasteiger partial charge < -0.3 is 40.9 Å². The van der Waals surface area contributed by atoms with Crippen molar-refractivity contribution >= 4 is 0 Å². The summed E-state index contributed by atoms with van der Waals surface area (Å²) in [6.07, 6.45) is -1.33. The molecular weight excluding hydrogens is 555 g/mol. The first-order chi connectivity index (χ1) is 13.9. The second-order valence-corrected chi connectivity index (χ2v) is 8.75. The van der Waals surface area contributed by atoms with E-state index in [1.807, 2.05) is 0 Å². The third-order valence-corrected chi connectivity index (χ3v) is 0. The molecule has 0 saturated carbocycles. The van der Waals surface area contributed by atoms with Gasteiger partial charge in [-0.25, -0.2) is 0 Å². The van der Waals surface area contributed by atoms with Gasteiger partial charge in [-0.15, -0.1) is 0 Å². The summed E-state index contributed by atoms with van der Waals surface area (Å²) in [7, 11) is 0. The molecule has 0 aliphatic heterocycles. The zero-order valence-corrected chi connectivity index (χ0v) is 29.2. The minimum atomic E-state index is -0.167. The Morgan fingerprint density at radius 2 is 0.235 bits per heavy atom. The third kappa shape index (κ3) is 21200. The molecular formula is C24H64O8TiZr. The van der Waals surface area contributed by atoms with Crippen molar-refractivity contribution in [2.45, 2.75) is 160 Å². The Balaban J connectivity index is -0.0000000240. The second kappa shape index (κ2) is 59.4.